The van der Waals surface area contributed by atoms with Crippen LogP contribution in [-0.2, 0) is 10.0 Å². The predicted octanol–water partition coefficient (Wildman–Crippen LogP) is 3.89. The Morgan fingerprint density at radius 3 is 2.72 bits per heavy atom. The molecule has 1 aliphatic heterocycles. The van der Waals surface area contributed by atoms with Crippen molar-refractivity contribution < 1.29 is 17.6 Å². The summed E-state index contributed by atoms with van der Waals surface area (Å²) in [6, 6.07) is 11.5. The van der Waals surface area contributed by atoms with E-state index in [4.69, 9.17) is 0 Å². The Hall–Kier alpha value is -2.29. The zero-order valence-electron chi connectivity index (χ0n) is 16.1. The number of hydrogen-bond acceptors (Lipinski definition) is 4. The average molecular weight is 433 g/mol. The van der Waals surface area contributed by atoms with E-state index in [2.05, 4.69) is 5.32 Å². The highest BCUT2D eigenvalue weighted by molar-refractivity contribution is 7.89. The summed E-state index contributed by atoms with van der Waals surface area (Å²) in [5.74, 6) is -0.688. The van der Waals surface area contributed by atoms with Crippen LogP contribution in [-0.4, -0.2) is 38.8 Å². The van der Waals surface area contributed by atoms with Gasteiger partial charge < -0.3 is 5.32 Å². The summed E-state index contributed by atoms with van der Waals surface area (Å²) in [5.41, 5.74) is 1.30. The van der Waals surface area contributed by atoms with E-state index in [0.717, 1.165) is 15.6 Å². The minimum Gasteiger partial charge on any atom is -0.354 e. The number of sulfonamides is 1. The van der Waals surface area contributed by atoms with Crippen molar-refractivity contribution in [1.82, 2.24) is 9.62 Å². The van der Waals surface area contributed by atoms with Gasteiger partial charge in [-0.15, -0.1) is 11.3 Å². The number of thiophene rings is 1. The number of fused-ring (bicyclic) bond motifs is 1. The molecule has 0 unspecified atom stereocenters. The van der Waals surface area contributed by atoms with Gasteiger partial charge in [-0.1, -0.05) is 18.2 Å². The Morgan fingerprint density at radius 2 is 2.00 bits per heavy atom. The van der Waals surface area contributed by atoms with Crippen molar-refractivity contribution in [2.24, 2.45) is 0 Å². The highest BCUT2D eigenvalue weighted by Gasteiger charge is 2.36. The van der Waals surface area contributed by atoms with Crippen LogP contribution < -0.4 is 5.32 Å². The quantitative estimate of drug-likeness (QED) is 0.680. The molecule has 0 bridgehead atoms. The number of aryl methyl sites for hydroxylation is 1. The lowest BCUT2D eigenvalue weighted by atomic mass is 9.95. The molecule has 2 heterocycles. The molecule has 8 heteroatoms. The largest absolute Gasteiger partial charge is 0.354 e. The fraction of sp³-hybridized carbons (Fsp3) is 0.286. The molecule has 4 rings (SSSR count). The SMILES string of the molecule is CNC(=O)c1sc2ccccc2c1[C@H]1CCN(S(=O)(=O)c2ccc(F)cc2C)C1. The van der Waals surface area contributed by atoms with Gasteiger partial charge in [-0.2, -0.15) is 4.31 Å². The van der Waals surface area contributed by atoms with E-state index in [0.29, 0.717) is 30.0 Å². The summed E-state index contributed by atoms with van der Waals surface area (Å²) >= 11 is 1.43. The van der Waals surface area contributed by atoms with Crippen molar-refractivity contribution in [2.75, 3.05) is 20.1 Å². The fourth-order valence-electron chi connectivity index (χ4n) is 3.98. The second kappa shape index (κ2) is 7.51. The molecule has 1 aromatic heterocycles. The van der Waals surface area contributed by atoms with Crippen LogP contribution in [0.2, 0.25) is 0 Å². The van der Waals surface area contributed by atoms with E-state index in [1.807, 2.05) is 24.3 Å². The van der Waals surface area contributed by atoms with Crippen LogP contribution in [0, 0.1) is 12.7 Å². The van der Waals surface area contributed by atoms with Crippen molar-refractivity contribution in [3.63, 3.8) is 0 Å². The normalized spacial score (nSPS) is 17.7. The van der Waals surface area contributed by atoms with Gasteiger partial charge >= 0.3 is 0 Å². The van der Waals surface area contributed by atoms with Crippen LogP contribution in [0.1, 0.15) is 33.1 Å². The topological polar surface area (TPSA) is 66.5 Å². The van der Waals surface area contributed by atoms with Crippen molar-refractivity contribution in [3.8, 4) is 0 Å². The van der Waals surface area contributed by atoms with Crippen LogP contribution in [0.25, 0.3) is 10.1 Å². The molecule has 152 valence electrons. The maximum Gasteiger partial charge on any atom is 0.261 e. The second-order valence-corrected chi connectivity index (χ2v) is 10.1. The van der Waals surface area contributed by atoms with Gasteiger partial charge in [-0.05, 0) is 54.1 Å². The first kappa shape index (κ1) is 20.0. The number of benzene rings is 2. The van der Waals surface area contributed by atoms with Gasteiger partial charge in [0, 0.05) is 30.8 Å². The van der Waals surface area contributed by atoms with Crippen LogP contribution >= 0.6 is 11.3 Å². The molecule has 3 aromatic rings. The Morgan fingerprint density at radius 1 is 1.24 bits per heavy atom. The third-order valence-corrected chi connectivity index (χ3v) is 8.59. The standard InChI is InChI=1S/C21H21FN2O3S2/c1-13-11-15(22)7-8-18(13)29(26,27)24-10-9-14(12-24)19-16-5-3-4-6-17(16)28-20(19)21(25)23-2/h3-8,11,14H,9-10,12H2,1-2H3,(H,23,25)/t14-/m0/s1. The number of carbonyl (C=O) groups excluding carboxylic acids is 1. The van der Waals surface area contributed by atoms with Gasteiger partial charge in [0.15, 0.2) is 0 Å². The Kier molecular flexibility index (Phi) is 5.18. The highest BCUT2D eigenvalue weighted by atomic mass is 32.2. The smallest absolute Gasteiger partial charge is 0.261 e. The van der Waals surface area contributed by atoms with Gasteiger partial charge in [-0.3, -0.25) is 4.79 Å². The summed E-state index contributed by atoms with van der Waals surface area (Å²) in [5, 5.41) is 3.69. The Balaban J connectivity index is 1.71. The van der Waals surface area contributed by atoms with Gasteiger partial charge in [-0.25, -0.2) is 12.8 Å². The van der Waals surface area contributed by atoms with Crippen molar-refractivity contribution in [3.05, 3.63) is 64.3 Å². The summed E-state index contributed by atoms with van der Waals surface area (Å²) in [4.78, 5) is 13.2. The van der Waals surface area contributed by atoms with Gasteiger partial charge in [0.05, 0.1) is 9.77 Å². The zero-order valence-corrected chi connectivity index (χ0v) is 17.7. The maximum absolute atomic E-state index is 13.4. The van der Waals surface area contributed by atoms with Crippen molar-refractivity contribution in [1.29, 1.82) is 0 Å². The summed E-state index contributed by atoms with van der Waals surface area (Å²) < 4.78 is 42.2. The monoisotopic (exact) mass is 432 g/mol. The Bertz CT molecular complexity index is 1200. The minimum atomic E-state index is -3.73. The summed E-state index contributed by atoms with van der Waals surface area (Å²) in [7, 11) is -2.14. The molecule has 1 fully saturated rings. The van der Waals surface area contributed by atoms with Gasteiger partial charge in [0.2, 0.25) is 10.0 Å². The van der Waals surface area contributed by atoms with Crippen molar-refractivity contribution >= 4 is 37.4 Å². The molecule has 0 radical (unpaired) electrons. The molecule has 1 amide bonds. The second-order valence-electron chi connectivity index (χ2n) is 7.18. The van der Waals surface area contributed by atoms with E-state index in [1.165, 1.54) is 33.8 Å². The fourth-order valence-corrected chi connectivity index (χ4v) is 6.92. The van der Waals surface area contributed by atoms with Gasteiger partial charge in [0.25, 0.3) is 5.91 Å². The molecule has 1 saturated heterocycles. The lowest BCUT2D eigenvalue weighted by Gasteiger charge is -2.18. The number of carbonyl (C=O) groups is 1. The van der Waals surface area contributed by atoms with E-state index in [-0.39, 0.29) is 16.7 Å². The number of halogens is 1. The zero-order chi connectivity index (χ0) is 20.8. The molecular weight excluding hydrogens is 411 g/mol. The van der Waals surface area contributed by atoms with E-state index >= 15 is 0 Å². The lowest BCUT2D eigenvalue weighted by Crippen LogP contribution is -2.29. The van der Waals surface area contributed by atoms with E-state index in [1.54, 1.807) is 14.0 Å². The molecule has 2 aromatic carbocycles. The minimum absolute atomic E-state index is 0.0750. The molecule has 1 atom stereocenters. The molecule has 1 aliphatic rings. The van der Waals surface area contributed by atoms with E-state index < -0.39 is 15.8 Å². The lowest BCUT2D eigenvalue weighted by molar-refractivity contribution is 0.0966. The first-order valence-corrected chi connectivity index (χ1v) is 11.6. The summed E-state index contributed by atoms with van der Waals surface area (Å²) in [6.45, 7) is 2.25. The van der Waals surface area contributed by atoms with Gasteiger partial charge in [0.1, 0.15) is 5.82 Å². The Labute approximate surface area is 173 Å². The van der Waals surface area contributed by atoms with Crippen LogP contribution in [0.4, 0.5) is 4.39 Å². The number of nitrogens with zero attached hydrogens (tertiary/aromatic N) is 1. The number of amides is 1. The molecular formula is C21H21FN2O3S2. The molecule has 0 saturated carbocycles. The number of nitrogens with one attached hydrogen (secondary N) is 1. The predicted molar refractivity (Wildman–Crippen MR) is 112 cm³/mol. The highest BCUT2D eigenvalue weighted by Crippen LogP contribution is 2.41. The number of hydrogen-bond donors (Lipinski definition) is 1. The molecule has 0 spiro atoms. The number of rotatable bonds is 4. The molecule has 29 heavy (non-hydrogen) atoms. The first-order valence-electron chi connectivity index (χ1n) is 9.32. The van der Waals surface area contributed by atoms with Crippen molar-refractivity contribution in [2.45, 2.75) is 24.2 Å². The average Bonchev–Trinajstić information content (AvgIpc) is 3.32. The third kappa shape index (κ3) is 3.45. The molecule has 5 nitrogen and oxygen atoms in total. The molecule has 0 aliphatic carbocycles. The summed E-state index contributed by atoms with van der Waals surface area (Å²) in [6.07, 6.45) is 0.629. The maximum atomic E-state index is 13.4. The molecule has 1 N–H and O–H groups in total. The van der Waals surface area contributed by atoms with Crippen LogP contribution in [0.5, 0.6) is 0 Å². The van der Waals surface area contributed by atoms with E-state index in [9.17, 15) is 17.6 Å². The van der Waals surface area contributed by atoms with Crippen LogP contribution in [0.3, 0.4) is 0 Å². The van der Waals surface area contributed by atoms with Crippen LogP contribution in [0.15, 0.2) is 47.4 Å². The third-order valence-electron chi connectivity index (χ3n) is 5.38. The first-order chi connectivity index (χ1) is 13.8.